The lowest BCUT2D eigenvalue weighted by atomic mass is 10.1. The van der Waals surface area contributed by atoms with E-state index in [0.717, 1.165) is 49.3 Å². The summed E-state index contributed by atoms with van der Waals surface area (Å²) in [5.74, 6) is 2.82. The molecule has 1 amide bonds. The van der Waals surface area contributed by atoms with Crippen LogP contribution in [0.25, 0.3) is 11.5 Å². The molecule has 4 heterocycles. The summed E-state index contributed by atoms with van der Waals surface area (Å²) in [6, 6.07) is 3.71. The van der Waals surface area contributed by atoms with E-state index >= 15 is 0 Å². The number of carbonyl (C=O) groups excluding carboxylic acids is 1. The van der Waals surface area contributed by atoms with Crippen LogP contribution in [0.2, 0.25) is 0 Å². The lowest BCUT2D eigenvalue weighted by Gasteiger charge is -2.27. The first kappa shape index (κ1) is 18.5. The van der Waals surface area contributed by atoms with E-state index in [4.69, 9.17) is 8.94 Å². The predicted molar refractivity (Wildman–Crippen MR) is 101 cm³/mol. The van der Waals surface area contributed by atoms with Crippen LogP contribution >= 0.6 is 0 Å². The molecule has 0 aromatic carbocycles. The first-order valence-electron chi connectivity index (χ1n) is 9.77. The summed E-state index contributed by atoms with van der Waals surface area (Å²) in [7, 11) is 1.84. The SMILES string of the molecule is Cc1ccc(CCC(=O)N2CCCCC[C@@H]2c2noc(-c3cnn(C)c3)n2)o1. The molecule has 1 atom stereocenters. The van der Waals surface area contributed by atoms with Gasteiger partial charge in [-0.15, -0.1) is 0 Å². The van der Waals surface area contributed by atoms with Gasteiger partial charge in [-0.05, 0) is 31.9 Å². The van der Waals surface area contributed by atoms with Gasteiger partial charge in [0.25, 0.3) is 5.89 Å². The van der Waals surface area contributed by atoms with Gasteiger partial charge < -0.3 is 13.8 Å². The molecule has 0 spiro atoms. The van der Waals surface area contributed by atoms with Crippen molar-refractivity contribution in [1.82, 2.24) is 24.8 Å². The normalized spacial score (nSPS) is 17.6. The molecule has 3 aromatic rings. The summed E-state index contributed by atoms with van der Waals surface area (Å²) in [5, 5.41) is 8.33. The second-order valence-corrected chi connectivity index (χ2v) is 7.33. The third kappa shape index (κ3) is 4.00. The fraction of sp³-hybridized carbons (Fsp3) is 0.500. The Labute approximate surface area is 163 Å². The van der Waals surface area contributed by atoms with Crippen molar-refractivity contribution < 1.29 is 13.7 Å². The maximum absolute atomic E-state index is 13.0. The highest BCUT2D eigenvalue weighted by Crippen LogP contribution is 2.30. The first-order chi connectivity index (χ1) is 13.6. The summed E-state index contributed by atoms with van der Waals surface area (Å²) >= 11 is 0. The molecule has 3 aromatic heterocycles. The number of aromatic nitrogens is 4. The summed E-state index contributed by atoms with van der Waals surface area (Å²) in [5.41, 5.74) is 0.779. The molecule has 1 fully saturated rings. The van der Waals surface area contributed by atoms with Gasteiger partial charge in [0.15, 0.2) is 5.82 Å². The second kappa shape index (κ2) is 8.00. The maximum Gasteiger partial charge on any atom is 0.261 e. The topological polar surface area (TPSA) is 90.2 Å². The number of hydrogen-bond donors (Lipinski definition) is 0. The van der Waals surface area contributed by atoms with Crippen LogP contribution in [0.4, 0.5) is 0 Å². The number of furan rings is 1. The Morgan fingerprint density at radius 1 is 1.29 bits per heavy atom. The van der Waals surface area contributed by atoms with Crippen molar-refractivity contribution in [1.29, 1.82) is 0 Å². The third-order valence-electron chi connectivity index (χ3n) is 5.15. The van der Waals surface area contributed by atoms with E-state index in [9.17, 15) is 4.79 Å². The molecular formula is C20H25N5O3. The molecule has 0 radical (unpaired) electrons. The van der Waals surface area contributed by atoms with Crippen LogP contribution in [-0.4, -0.2) is 37.3 Å². The van der Waals surface area contributed by atoms with Crippen LogP contribution < -0.4 is 0 Å². The van der Waals surface area contributed by atoms with Gasteiger partial charge in [0.05, 0.1) is 17.8 Å². The molecule has 0 N–H and O–H groups in total. The van der Waals surface area contributed by atoms with Crippen molar-refractivity contribution in [2.24, 2.45) is 7.05 Å². The van der Waals surface area contributed by atoms with E-state index in [0.29, 0.717) is 24.6 Å². The fourth-order valence-electron chi connectivity index (χ4n) is 3.69. The van der Waals surface area contributed by atoms with Gasteiger partial charge in [-0.3, -0.25) is 9.48 Å². The van der Waals surface area contributed by atoms with Gasteiger partial charge in [0.2, 0.25) is 5.91 Å². The number of nitrogens with zero attached hydrogens (tertiary/aromatic N) is 5. The number of likely N-dealkylation sites (tertiary alicyclic amines) is 1. The molecule has 1 aliphatic rings. The van der Waals surface area contributed by atoms with Crippen LogP contribution in [0.3, 0.4) is 0 Å². The van der Waals surface area contributed by atoms with Gasteiger partial charge in [0.1, 0.15) is 11.5 Å². The van der Waals surface area contributed by atoms with Crippen molar-refractivity contribution in [3.8, 4) is 11.5 Å². The number of rotatable bonds is 5. The Bertz CT molecular complexity index is 941. The maximum atomic E-state index is 13.0. The smallest absolute Gasteiger partial charge is 0.261 e. The number of hydrogen-bond acceptors (Lipinski definition) is 6. The zero-order valence-corrected chi connectivity index (χ0v) is 16.3. The van der Waals surface area contributed by atoms with Crippen LogP contribution in [0.1, 0.15) is 55.5 Å². The molecule has 8 heteroatoms. The second-order valence-electron chi connectivity index (χ2n) is 7.33. The molecule has 28 heavy (non-hydrogen) atoms. The average Bonchev–Trinajstić information content (AvgIpc) is 3.38. The molecular weight excluding hydrogens is 358 g/mol. The van der Waals surface area contributed by atoms with Crippen molar-refractivity contribution >= 4 is 5.91 Å². The van der Waals surface area contributed by atoms with E-state index in [1.165, 1.54) is 0 Å². The van der Waals surface area contributed by atoms with E-state index in [1.807, 2.05) is 37.2 Å². The van der Waals surface area contributed by atoms with Crippen LogP contribution in [0.15, 0.2) is 33.5 Å². The van der Waals surface area contributed by atoms with Crippen molar-refractivity contribution in [3.63, 3.8) is 0 Å². The van der Waals surface area contributed by atoms with E-state index < -0.39 is 0 Å². The van der Waals surface area contributed by atoms with Crippen LogP contribution in [0.5, 0.6) is 0 Å². The Balaban J connectivity index is 1.50. The number of aryl methyl sites for hydroxylation is 3. The quantitative estimate of drug-likeness (QED) is 0.670. The minimum absolute atomic E-state index is 0.105. The number of amides is 1. The molecule has 0 saturated carbocycles. The number of carbonyl (C=O) groups is 1. The summed E-state index contributed by atoms with van der Waals surface area (Å²) in [6.07, 6.45) is 8.53. The summed E-state index contributed by atoms with van der Waals surface area (Å²) in [6.45, 7) is 2.63. The Morgan fingerprint density at radius 3 is 2.93 bits per heavy atom. The minimum Gasteiger partial charge on any atom is -0.466 e. The third-order valence-corrected chi connectivity index (χ3v) is 5.15. The Morgan fingerprint density at radius 2 is 2.18 bits per heavy atom. The van der Waals surface area contributed by atoms with Crippen LogP contribution in [0, 0.1) is 6.92 Å². The molecule has 8 nitrogen and oxygen atoms in total. The van der Waals surface area contributed by atoms with E-state index in [2.05, 4.69) is 15.2 Å². The molecule has 0 aliphatic carbocycles. The first-order valence-corrected chi connectivity index (χ1v) is 9.77. The average molecular weight is 383 g/mol. The van der Waals surface area contributed by atoms with Gasteiger partial charge in [0, 0.05) is 32.6 Å². The zero-order chi connectivity index (χ0) is 19.5. The highest BCUT2D eigenvalue weighted by molar-refractivity contribution is 5.77. The minimum atomic E-state index is -0.150. The molecule has 4 rings (SSSR count). The lowest BCUT2D eigenvalue weighted by molar-refractivity contribution is -0.133. The predicted octanol–water partition coefficient (Wildman–Crippen LogP) is 3.45. The monoisotopic (exact) mass is 383 g/mol. The summed E-state index contributed by atoms with van der Waals surface area (Å²) in [4.78, 5) is 19.5. The van der Waals surface area contributed by atoms with E-state index in [-0.39, 0.29) is 11.9 Å². The molecule has 0 bridgehead atoms. The highest BCUT2D eigenvalue weighted by Gasteiger charge is 2.30. The molecule has 1 saturated heterocycles. The molecule has 1 aliphatic heterocycles. The van der Waals surface area contributed by atoms with Gasteiger partial charge in [-0.2, -0.15) is 10.1 Å². The zero-order valence-electron chi connectivity index (χ0n) is 16.3. The van der Waals surface area contributed by atoms with Crippen molar-refractivity contribution in [2.45, 2.75) is 51.5 Å². The summed E-state index contributed by atoms with van der Waals surface area (Å²) < 4.78 is 12.7. The van der Waals surface area contributed by atoms with Gasteiger partial charge in [-0.25, -0.2) is 0 Å². The van der Waals surface area contributed by atoms with Gasteiger partial charge in [-0.1, -0.05) is 18.0 Å². The lowest BCUT2D eigenvalue weighted by Crippen LogP contribution is -2.35. The van der Waals surface area contributed by atoms with Crippen molar-refractivity contribution in [2.75, 3.05) is 6.54 Å². The Kier molecular flexibility index (Phi) is 5.27. The van der Waals surface area contributed by atoms with E-state index in [1.54, 1.807) is 10.9 Å². The Hall–Kier alpha value is -2.90. The largest absolute Gasteiger partial charge is 0.466 e. The van der Waals surface area contributed by atoms with Crippen LogP contribution in [-0.2, 0) is 18.3 Å². The molecule has 0 unspecified atom stereocenters. The van der Waals surface area contributed by atoms with Gasteiger partial charge >= 0.3 is 0 Å². The molecule has 148 valence electrons. The van der Waals surface area contributed by atoms with Crippen molar-refractivity contribution in [3.05, 3.63) is 41.9 Å². The highest BCUT2D eigenvalue weighted by atomic mass is 16.5. The fourth-order valence-corrected chi connectivity index (χ4v) is 3.69. The standard InChI is InChI=1S/C20H25N5O3/c1-14-7-8-16(27-14)9-10-18(26)25-11-5-3-4-6-17(25)19-22-20(28-23-19)15-12-21-24(2)13-15/h7-8,12-13,17H,3-6,9-11H2,1-2H3/t17-/m1/s1.